The lowest BCUT2D eigenvalue weighted by atomic mass is 10.1. The highest BCUT2D eigenvalue weighted by atomic mass is 32.1. The van der Waals surface area contributed by atoms with Gasteiger partial charge in [-0.05, 0) is 62.0 Å². The predicted molar refractivity (Wildman–Crippen MR) is 116 cm³/mol. The second-order valence-electron chi connectivity index (χ2n) is 6.81. The molecule has 1 N–H and O–H groups in total. The van der Waals surface area contributed by atoms with Crippen molar-refractivity contribution >= 4 is 46.9 Å². The molecule has 160 valence electrons. The Kier molecular flexibility index (Phi) is 6.76. The van der Waals surface area contributed by atoms with Crippen LogP contribution in [0.25, 0.3) is 6.08 Å². The van der Waals surface area contributed by atoms with E-state index in [4.69, 9.17) is 21.7 Å². The molecule has 0 aliphatic carbocycles. The fourth-order valence-corrected chi connectivity index (χ4v) is 3.05. The first kappa shape index (κ1) is 22.1. The molecule has 0 spiro atoms. The number of carbonyl (C=O) groups excluding carboxylic acids is 3. The van der Waals surface area contributed by atoms with Crippen molar-refractivity contribution in [1.82, 2.24) is 5.32 Å². The Balaban J connectivity index is 1.78. The van der Waals surface area contributed by atoms with Gasteiger partial charge in [0.2, 0.25) is 0 Å². The van der Waals surface area contributed by atoms with Crippen molar-refractivity contribution in [3.63, 3.8) is 0 Å². The Morgan fingerprint density at radius 1 is 1.16 bits per heavy atom. The minimum Gasteiger partial charge on any atom is -0.482 e. The fraction of sp³-hybridized carbons (Fsp3) is 0.182. The topological polar surface area (TPSA) is 84.9 Å². The normalized spacial score (nSPS) is 15.3. The summed E-state index contributed by atoms with van der Waals surface area (Å²) in [5, 5.41) is 2.20. The summed E-state index contributed by atoms with van der Waals surface area (Å²) >= 11 is 5.06. The molecule has 0 bridgehead atoms. The standard InChI is InChI=1S/C22H19FN2O5S/c1-13(2)30-19(26)12-29-15-9-7-14(8-10-15)11-16-20(27)24-22(31)25(21(16)28)18-6-4-3-5-17(18)23/h3-11,13H,12H2,1-2H3,(H,24,27,31)/b16-11+. The smallest absolute Gasteiger partial charge is 0.344 e. The summed E-state index contributed by atoms with van der Waals surface area (Å²) < 4.78 is 24.5. The number of anilines is 1. The molecule has 0 saturated carbocycles. The van der Waals surface area contributed by atoms with Gasteiger partial charge in [-0.3, -0.25) is 14.9 Å². The number of nitrogens with one attached hydrogen (secondary N) is 1. The lowest BCUT2D eigenvalue weighted by molar-refractivity contribution is -0.149. The average molecular weight is 442 g/mol. The number of ether oxygens (including phenoxy) is 2. The van der Waals surface area contributed by atoms with Gasteiger partial charge >= 0.3 is 5.97 Å². The third-order valence-corrected chi connectivity index (χ3v) is 4.39. The number of carbonyl (C=O) groups is 3. The van der Waals surface area contributed by atoms with Gasteiger partial charge in [0.15, 0.2) is 11.7 Å². The molecule has 2 aromatic carbocycles. The monoisotopic (exact) mass is 442 g/mol. The first-order chi connectivity index (χ1) is 14.8. The highest BCUT2D eigenvalue weighted by Crippen LogP contribution is 2.25. The van der Waals surface area contributed by atoms with Crippen LogP contribution in [0.1, 0.15) is 19.4 Å². The zero-order valence-corrected chi connectivity index (χ0v) is 17.6. The van der Waals surface area contributed by atoms with E-state index in [0.717, 1.165) is 4.90 Å². The summed E-state index contributed by atoms with van der Waals surface area (Å²) in [5.41, 5.74) is 0.267. The highest BCUT2D eigenvalue weighted by Gasteiger charge is 2.35. The number of halogens is 1. The molecule has 1 saturated heterocycles. The van der Waals surface area contributed by atoms with Gasteiger partial charge in [-0.15, -0.1) is 0 Å². The summed E-state index contributed by atoms with van der Waals surface area (Å²) in [6.07, 6.45) is 1.13. The van der Waals surface area contributed by atoms with Gasteiger partial charge in [-0.25, -0.2) is 14.1 Å². The quantitative estimate of drug-likeness (QED) is 0.321. The number of para-hydroxylation sites is 1. The van der Waals surface area contributed by atoms with Crippen LogP contribution in [0.5, 0.6) is 5.75 Å². The molecule has 2 amide bonds. The molecule has 7 nitrogen and oxygen atoms in total. The number of hydrogen-bond donors (Lipinski definition) is 1. The summed E-state index contributed by atoms with van der Waals surface area (Å²) in [5.74, 6) is -2.15. The van der Waals surface area contributed by atoms with Gasteiger partial charge in [-0.1, -0.05) is 24.3 Å². The van der Waals surface area contributed by atoms with Crippen molar-refractivity contribution in [2.75, 3.05) is 11.5 Å². The first-order valence-electron chi connectivity index (χ1n) is 9.34. The van der Waals surface area contributed by atoms with Crippen molar-refractivity contribution in [1.29, 1.82) is 0 Å². The van der Waals surface area contributed by atoms with Crippen LogP contribution in [0.15, 0.2) is 54.1 Å². The number of rotatable bonds is 6. The van der Waals surface area contributed by atoms with Crippen LogP contribution in [0, 0.1) is 5.82 Å². The lowest BCUT2D eigenvalue weighted by Crippen LogP contribution is -2.54. The molecule has 2 aromatic rings. The number of nitrogens with zero attached hydrogens (tertiary/aromatic N) is 1. The molecule has 3 rings (SSSR count). The maximum absolute atomic E-state index is 14.2. The van der Waals surface area contributed by atoms with Gasteiger partial charge in [0.05, 0.1) is 11.8 Å². The second-order valence-corrected chi connectivity index (χ2v) is 7.19. The fourth-order valence-electron chi connectivity index (χ4n) is 2.78. The molecular weight excluding hydrogens is 423 g/mol. The minimum absolute atomic E-state index is 0.0552. The summed E-state index contributed by atoms with van der Waals surface area (Å²) in [6.45, 7) is 3.24. The van der Waals surface area contributed by atoms with Crippen LogP contribution >= 0.6 is 12.2 Å². The number of thiocarbonyl (C=S) groups is 1. The summed E-state index contributed by atoms with van der Waals surface area (Å²) in [7, 11) is 0. The predicted octanol–water partition coefficient (Wildman–Crippen LogP) is 2.99. The van der Waals surface area contributed by atoms with Crippen LogP contribution in [0.2, 0.25) is 0 Å². The molecule has 0 unspecified atom stereocenters. The van der Waals surface area contributed by atoms with E-state index >= 15 is 0 Å². The molecule has 1 aliphatic heterocycles. The number of amides is 2. The van der Waals surface area contributed by atoms with Crippen LogP contribution in [0.4, 0.5) is 10.1 Å². The summed E-state index contributed by atoms with van der Waals surface area (Å²) in [4.78, 5) is 37.7. The number of benzene rings is 2. The Hall–Kier alpha value is -3.59. The molecule has 0 aromatic heterocycles. The van der Waals surface area contributed by atoms with Gasteiger partial charge in [-0.2, -0.15) is 0 Å². The first-order valence-corrected chi connectivity index (χ1v) is 9.75. The third-order valence-electron chi connectivity index (χ3n) is 4.11. The average Bonchev–Trinajstić information content (AvgIpc) is 2.71. The zero-order chi connectivity index (χ0) is 22.5. The molecular formula is C22H19FN2O5S. The molecule has 1 aliphatic rings. The van der Waals surface area contributed by atoms with Gasteiger partial charge in [0.1, 0.15) is 17.1 Å². The lowest BCUT2D eigenvalue weighted by Gasteiger charge is -2.29. The Morgan fingerprint density at radius 3 is 2.48 bits per heavy atom. The van der Waals surface area contributed by atoms with Crippen molar-refractivity contribution in [3.8, 4) is 5.75 Å². The van der Waals surface area contributed by atoms with Gasteiger partial charge in [0.25, 0.3) is 11.8 Å². The second kappa shape index (κ2) is 9.48. The van der Waals surface area contributed by atoms with Gasteiger partial charge in [0, 0.05) is 0 Å². The zero-order valence-electron chi connectivity index (χ0n) is 16.8. The van der Waals surface area contributed by atoms with Crippen LogP contribution in [-0.4, -0.2) is 35.6 Å². The molecule has 1 fully saturated rings. The Bertz CT molecular complexity index is 1070. The minimum atomic E-state index is -0.740. The Labute approximate surface area is 183 Å². The maximum Gasteiger partial charge on any atom is 0.344 e. The number of esters is 1. The van der Waals surface area contributed by atoms with E-state index in [9.17, 15) is 18.8 Å². The van der Waals surface area contributed by atoms with E-state index in [1.54, 1.807) is 44.2 Å². The molecule has 0 atom stereocenters. The van der Waals surface area contributed by atoms with Crippen LogP contribution in [0.3, 0.4) is 0 Å². The van der Waals surface area contributed by atoms with Crippen LogP contribution in [-0.2, 0) is 19.1 Å². The number of hydrogen-bond acceptors (Lipinski definition) is 6. The van der Waals surface area contributed by atoms with Gasteiger partial charge < -0.3 is 9.47 Å². The third kappa shape index (κ3) is 5.32. The SMILES string of the molecule is CC(C)OC(=O)COc1ccc(/C=C2\C(=O)NC(=S)N(c3ccccc3F)C2=O)cc1. The largest absolute Gasteiger partial charge is 0.482 e. The van der Waals surface area contributed by atoms with E-state index in [-0.39, 0.29) is 29.1 Å². The molecule has 9 heteroatoms. The van der Waals surface area contributed by atoms with Crippen molar-refractivity contribution in [2.45, 2.75) is 20.0 Å². The maximum atomic E-state index is 14.2. The van der Waals surface area contributed by atoms with E-state index in [1.165, 1.54) is 24.3 Å². The van der Waals surface area contributed by atoms with Crippen molar-refractivity contribution in [2.24, 2.45) is 0 Å². The van der Waals surface area contributed by atoms with Crippen LogP contribution < -0.4 is 15.0 Å². The van der Waals surface area contributed by atoms with Crippen molar-refractivity contribution in [3.05, 3.63) is 65.5 Å². The summed E-state index contributed by atoms with van der Waals surface area (Å²) in [6, 6.07) is 12.0. The highest BCUT2D eigenvalue weighted by molar-refractivity contribution is 7.80. The Morgan fingerprint density at radius 2 is 1.84 bits per heavy atom. The van der Waals surface area contributed by atoms with E-state index < -0.39 is 23.6 Å². The van der Waals surface area contributed by atoms with E-state index in [2.05, 4.69) is 5.32 Å². The molecule has 31 heavy (non-hydrogen) atoms. The van der Waals surface area contributed by atoms with E-state index in [1.807, 2.05) is 0 Å². The molecule has 0 radical (unpaired) electrons. The van der Waals surface area contributed by atoms with E-state index in [0.29, 0.717) is 11.3 Å². The molecule has 1 heterocycles. The van der Waals surface area contributed by atoms with Crippen molar-refractivity contribution < 1.29 is 28.2 Å².